The second kappa shape index (κ2) is 32.3. The zero-order valence-corrected chi connectivity index (χ0v) is 33.8. The van der Waals surface area contributed by atoms with Crippen LogP contribution in [-0.4, -0.2) is 91.0 Å². The lowest BCUT2D eigenvalue weighted by Crippen LogP contribution is -2.46. The van der Waals surface area contributed by atoms with Gasteiger partial charge in [0.2, 0.25) is 5.91 Å². The number of amides is 1. The summed E-state index contributed by atoms with van der Waals surface area (Å²) in [5.41, 5.74) is 0. The van der Waals surface area contributed by atoms with E-state index in [2.05, 4.69) is 67.8 Å². The number of hydrogen-bond donors (Lipinski definition) is 4. The molecule has 0 spiro atoms. The van der Waals surface area contributed by atoms with Crippen LogP contribution in [0.4, 0.5) is 0 Å². The van der Waals surface area contributed by atoms with Crippen molar-refractivity contribution < 1.29 is 43.1 Å². The highest BCUT2D eigenvalue weighted by atomic mass is 31.2. The van der Waals surface area contributed by atoms with Gasteiger partial charge in [-0.1, -0.05) is 112 Å². The first kappa shape index (κ1) is 49.9. The third-order valence-electron chi connectivity index (χ3n) is 8.10. The zero-order valence-electron chi connectivity index (χ0n) is 32.9. The van der Waals surface area contributed by atoms with Crippen molar-refractivity contribution in [2.75, 3.05) is 40.9 Å². The summed E-state index contributed by atoms with van der Waals surface area (Å²) in [4.78, 5) is 25.2. The molecule has 0 saturated carbocycles. The molecular weight excluding hydrogens is 679 g/mol. The monoisotopic (exact) mass is 753 g/mol. The first-order valence-electron chi connectivity index (χ1n) is 19.5. The minimum Gasteiger partial charge on any atom is -0.756 e. The number of phosphoric acid groups is 1. The number of unbranched alkanes of at least 4 members (excludes halogenated alkanes) is 6. The van der Waals surface area contributed by atoms with Crippen LogP contribution in [0.3, 0.4) is 0 Å². The first-order valence-corrected chi connectivity index (χ1v) is 20.9. The molecule has 300 valence electrons. The number of aliphatic hydroxyl groups excluding tert-OH is 3. The molecule has 10 nitrogen and oxygen atoms in total. The minimum absolute atomic E-state index is 0.0129. The van der Waals surface area contributed by atoms with Crippen LogP contribution in [0.15, 0.2) is 72.9 Å². The number of carbonyl (C=O) groups excluding carboxylic acids is 1. The van der Waals surface area contributed by atoms with Gasteiger partial charge in [0.05, 0.1) is 52.1 Å². The smallest absolute Gasteiger partial charge is 0.268 e. The van der Waals surface area contributed by atoms with Crippen LogP contribution in [-0.2, 0) is 18.4 Å². The molecule has 4 N–H and O–H groups in total. The van der Waals surface area contributed by atoms with Crippen LogP contribution < -0.4 is 10.2 Å². The molecule has 0 fully saturated rings. The van der Waals surface area contributed by atoms with Gasteiger partial charge >= 0.3 is 0 Å². The molecule has 1 unspecified atom stereocenters. The van der Waals surface area contributed by atoms with E-state index in [-0.39, 0.29) is 25.9 Å². The van der Waals surface area contributed by atoms with E-state index >= 15 is 0 Å². The number of hydrogen-bond acceptors (Lipinski definition) is 8. The third kappa shape index (κ3) is 32.5. The van der Waals surface area contributed by atoms with E-state index in [1.165, 1.54) is 38.2 Å². The van der Waals surface area contributed by atoms with Crippen LogP contribution >= 0.6 is 7.82 Å². The van der Waals surface area contributed by atoms with Crippen LogP contribution in [0, 0.1) is 0 Å². The minimum atomic E-state index is -4.67. The third-order valence-corrected chi connectivity index (χ3v) is 9.07. The molecule has 0 aliphatic carbocycles. The Labute approximate surface area is 316 Å². The predicted octanol–water partition coefficient (Wildman–Crippen LogP) is 7.38. The Kier molecular flexibility index (Phi) is 31.0. The number of aliphatic hydroxyl groups is 3. The van der Waals surface area contributed by atoms with Crippen molar-refractivity contribution in [2.24, 2.45) is 0 Å². The van der Waals surface area contributed by atoms with E-state index < -0.39 is 44.7 Å². The van der Waals surface area contributed by atoms with Crippen molar-refractivity contribution in [3.63, 3.8) is 0 Å². The number of allylic oxidation sites excluding steroid dienone is 10. The summed E-state index contributed by atoms with van der Waals surface area (Å²) in [6.45, 7) is 4.19. The molecule has 0 rings (SSSR count). The van der Waals surface area contributed by atoms with Gasteiger partial charge in [0.15, 0.2) is 0 Å². The molecule has 5 atom stereocenters. The number of nitrogens with zero attached hydrogens (tertiary/aromatic N) is 1. The Morgan fingerprint density at radius 1 is 0.750 bits per heavy atom. The molecule has 0 radical (unpaired) electrons. The molecule has 0 aromatic carbocycles. The average molecular weight is 753 g/mol. The summed E-state index contributed by atoms with van der Waals surface area (Å²) < 4.78 is 22.9. The standard InChI is InChI=1S/C41H73N2O8P/c1-6-8-10-12-14-16-18-20-22-24-26-28-31-39(45)40(46)32-29-33-41(47)42-37(36-51-52(48,49)50-35-34-43(3,4)5)38(44)30-27-25-23-21-19-17-15-13-11-9-7-2/h8,10,14,16,19-22,26-28,30,37-40,44-46H,6-7,9,11-13,15,17-18,23-25,29,31-36H2,1-5H3,(H-,42,47,48,49)/b10-8-,16-14-,21-19-,22-20-,28-26-,30-27+/t37-,38+,39+,40+/m0/s1. The Hall–Kier alpha value is -2.14. The summed E-state index contributed by atoms with van der Waals surface area (Å²) in [7, 11) is 1.05. The number of nitrogens with one attached hydrogen (secondary N) is 1. The molecular formula is C41H73N2O8P. The van der Waals surface area contributed by atoms with Crippen molar-refractivity contribution >= 4 is 13.7 Å². The second-order valence-corrected chi connectivity index (χ2v) is 15.6. The Morgan fingerprint density at radius 2 is 1.35 bits per heavy atom. The number of rotatable bonds is 33. The number of likely N-dealkylation sites (N-methyl/N-ethyl adjacent to an activating group) is 1. The molecule has 0 heterocycles. The van der Waals surface area contributed by atoms with Crippen LogP contribution in [0.2, 0.25) is 0 Å². The molecule has 0 aromatic rings. The number of quaternary nitrogens is 1. The van der Waals surface area contributed by atoms with Crippen LogP contribution in [0.5, 0.6) is 0 Å². The molecule has 11 heteroatoms. The van der Waals surface area contributed by atoms with Gasteiger partial charge in [-0.05, 0) is 70.6 Å². The lowest BCUT2D eigenvalue weighted by molar-refractivity contribution is -0.870. The van der Waals surface area contributed by atoms with Crippen molar-refractivity contribution in [3.8, 4) is 0 Å². The fourth-order valence-corrected chi connectivity index (χ4v) is 5.56. The van der Waals surface area contributed by atoms with E-state index in [0.29, 0.717) is 23.9 Å². The Morgan fingerprint density at radius 3 is 1.98 bits per heavy atom. The quantitative estimate of drug-likeness (QED) is 0.0235. The van der Waals surface area contributed by atoms with Crippen molar-refractivity contribution in [2.45, 2.75) is 141 Å². The van der Waals surface area contributed by atoms with E-state index in [4.69, 9.17) is 9.05 Å². The molecule has 0 saturated heterocycles. The summed E-state index contributed by atoms with van der Waals surface area (Å²) in [6, 6.07) is -1.04. The fraction of sp³-hybridized carbons (Fsp3) is 0.683. The van der Waals surface area contributed by atoms with Gasteiger partial charge in [-0.3, -0.25) is 9.36 Å². The molecule has 0 aliphatic rings. The lowest BCUT2D eigenvalue weighted by atomic mass is 10.0. The van der Waals surface area contributed by atoms with Gasteiger partial charge in [-0.2, -0.15) is 0 Å². The largest absolute Gasteiger partial charge is 0.756 e. The van der Waals surface area contributed by atoms with Crippen molar-refractivity contribution in [1.29, 1.82) is 0 Å². The van der Waals surface area contributed by atoms with Crippen molar-refractivity contribution in [3.05, 3.63) is 72.9 Å². The molecule has 0 aliphatic heterocycles. The average Bonchev–Trinajstić information content (AvgIpc) is 3.08. The predicted molar refractivity (Wildman–Crippen MR) is 212 cm³/mol. The summed E-state index contributed by atoms with van der Waals surface area (Å²) >= 11 is 0. The zero-order chi connectivity index (χ0) is 38.9. The normalized spacial score (nSPS) is 16.6. The Balaban J connectivity index is 4.84. The Bertz CT molecular complexity index is 1110. The topological polar surface area (TPSA) is 148 Å². The van der Waals surface area contributed by atoms with E-state index in [1.54, 1.807) is 6.08 Å². The van der Waals surface area contributed by atoms with E-state index in [9.17, 15) is 29.6 Å². The summed E-state index contributed by atoms with van der Waals surface area (Å²) in [5, 5.41) is 34.3. The van der Waals surface area contributed by atoms with Gasteiger partial charge in [0, 0.05) is 6.42 Å². The second-order valence-electron chi connectivity index (χ2n) is 14.2. The van der Waals surface area contributed by atoms with Crippen molar-refractivity contribution in [1.82, 2.24) is 5.32 Å². The van der Waals surface area contributed by atoms with Crippen LogP contribution in [0.25, 0.3) is 0 Å². The van der Waals surface area contributed by atoms with E-state index in [0.717, 1.165) is 38.5 Å². The maximum absolute atomic E-state index is 12.8. The van der Waals surface area contributed by atoms with Gasteiger partial charge in [0.25, 0.3) is 7.82 Å². The van der Waals surface area contributed by atoms with Gasteiger partial charge in [0.1, 0.15) is 13.2 Å². The van der Waals surface area contributed by atoms with Gasteiger partial charge in [-0.25, -0.2) is 0 Å². The maximum atomic E-state index is 12.8. The summed E-state index contributed by atoms with van der Waals surface area (Å²) in [5.74, 6) is -0.435. The van der Waals surface area contributed by atoms with Crippen LogP contribution in [0.1, 0.15) is 117 Å². The SMILES string of the molecule is CC/C=C\C/C=C\C/C=C\C/C=C\C[C@@H](O)[C@H](O)CCCC(=O)N[C@@H](COP(=O)([O-])OCC[N+](C)(C)C)[C@H](O)/C=C/CC/C=C\CCCCCCC. The fourth-order valence-electron chi connectivity index (χ4n) is 4.84. The molecule has 1 amide bonds. The highest BCUT2D eigenvalue weighted by molar-refractivity contribution is 7.45. The molecule has 52 heavy (non-hydrogen) atoms. The van der Waals surface area contributed by atoms with E-state index in [1.807, 2.05) is 33.3 Å². The number of carbonyl (C=O) groups is 1. The van der Waals surface area contributed by atoms with Gasteiger partial charge < -0.3 is 39.1 Å². The molecule has 0 aromatic heterocycles. The number of phosphoric ester groups is 1. The lowest BCUT2D eigenvalue weighted by Gasteiger charge is -2.29. The maximum Gasteiger partial charge on any atom is 0.268 e. The summed E-state index contributed by atoms with van der Waals surface area (Å²) in [6.07, 6.45) is 34.1. The van der Waals surface area contributed by atoms with Gasteiger partial charge in [-0.15, -0.1) is 0 Å². The highest BCUT2D eigenvalue weighted by Gasteiger charge is 2.23. The first-order chi connectivity index (χ1) is 24.8. The molecule has 0 bridgehead atoms. The highest BCUT2D eigenvalue weighted by Crippen LogP contribution is 2.38.